The van der Waals surface area contributed by atoms with Gasteiger partial charge in [-0.25, -0.2) is 0 Å². The molecule has 3 N–H and O–H groups in total. The first kappa shape index (κ1) is 16.8. The van der Waals surface area contributed by atoms with Crippen molar-refractivity contribution < 1.29 is 4.79 Å². The van der Waals surface area contributed by atoms with E-state index in [1.165, 1.54) is 0 Å². The van der Waals surface area contributed by atoms with Crippen molar-refractivity contribution in [3.05, 3.63) is 47.2 Å². The molecule has 1 aromatic carbocycles. The highest BCUT2D eigenvalue weighted by molar-refractivity contribution is 6.33. The predicted molar refractivity (Wildman–Crippen MR) is 95.4 cm³/mol. The van der Waals surface area contributed by atoms with Gasteiger partial charge in [0, 0.05) is 32.4 Å². The van der Waals surface area contributed by atoms with Crippen LogP contribution in [-0.2, 0) is 6.54 Å². The number of nitrogens with two attached hydrogens (primary N) is 1. The zero-order valence-electron chi connectivity index (χ0n) is 13.5. The van der Waals surface area contributed by atoms with Crippen molar-refractivity contribution in [3.8, 4) is 0 Å². The van der Waals surface area contributed by atoms with E-state index in [1.54, 1.807) is 17.1 Å². The van der Waals surface area contributed by atoms with Gasteiger partial charge in [-0.15, -0.1) is 0 Å². The lowest BCUT2D eigenvalue weighted by molar-refractivity contribution is 0.0948. The maximum Gasteiger partial charge on any atom is 0.254 e. The van der Waals surface area contributed by atoms with Gasteiger partial charge in [-0.2, -0.15) is 5.10 Å². The highest BCUT2D eigenvalue weighted by Crippen LogP contribution is 2.29. The minimum absolute atomic E-state index is 0.0885. The third kappa shape index (κ3) is 3.88. The second-order valence-corrected chi connectivity index (χ2v) is 6.45. The van der Waals surface area contributed by atoms with E-state index in [0.29, 0.717) is 31.1 Å². The average Bonchev–Trinajstić information content (AvgIpc) is 3.23. The van der Waals surface area contributed by atoms with Crippen molar-refractivity contribution in [1.29, 1.82) is 0 Å². The third-order valence-electron chi connectivity index (χ3n) is 4.28. The van der Waals surface area contributed by atoms with E-state index in [0.717, 1.165) is 30.2 Å². The molecule has 128 valence electrons. The number of rotatable bonds is 6. The molecule has 1 amide bonds. The van der Waals surface area contributed by atoms with E-state index >= 15 is 0 Å². The molecule has 6 nitrogen and oxygen atoms in total. The summed E-state index contributed by atoms with van der Waals surface area (Å²) in [5, 5.41) is 7.89. The fourth-order valence-electron chi connectivity index (χ4n) is 3.00. The molecule has 1 unspecified atom stereocenters. The zero-order chi connectivity index (χ0) is 16.9. The van der Waals surface area contributed by atoms with Gasteiger partial charge in [0.1, 0.15) is 0 Å². The second-order valence-electron chi connectivity index (χ2n) is 6.04. The van der Waals surface area contributed by atoms with Gasteiger partial charge >= 0.3 is 0 Å². The number of hydrogen-bond donors (Lipinski definition) is 2. The molecule has 1 fully saturated rings. The third-order valence-corrected chi connectivity index (χ3v) is 4.60. The average molecular weight is 348 g/mol. The Kier molecular flexibility index (Phi) is 5.37. The van der Waals surface area contributed by atoms with Crippen molar-refractivity contribution >= 4 is 23.2 Å². The Labute approximate surface area is 146 Å². The molecule has 1 aliphatic heterocycles. The van der Waals surface area contributed by atoms with Crippen molar-refractivity contribution in [1.82, 2.24) is 15.1 Å². The first-order chi connectivity index (χ1) is 11.7. The number of carbonyl (C=O) groups is 1. The van der Waals surface area contributed by atoms with Gasteiger partial charge < -0.3 is 16.0 Å². The summed E-state index contributed by atoms with van der Waals surface area (Å²) in [6.45, 7) is 3.63. The first-order valence-electron chi connectivity index (χ1n) is 8.17. The van der Waals surface area contributed by atoms with Gasteiger partial charge in [-0.3, -0.25) is 9.48 Å². The van der Waals surface area contributed by atoms with Gasteiger partial charge in [-0.1, -0.05) is 23.7 Å². The normalized spacial score (nSPS) is 17.2. The van der Waals surface area contributed by atoms with Gasteiger partial charge in [0.15, 0.2) is 0 Å². The molecule has 2 aromatic rings. The van der Waals surface area contributed by atoms with Crippen LogP contribution in [0.5, 0.6) is 0 Å². The lowest BCUT2D eigenvalue weighted by Gasteiger charge is -2.20. The number of nitrogens with zero attached hydrogens (tertiary/aromatic N) is 3. The summed E-state index contributed by atoms with van der Waals surface area (Å²) in [6, 6.07) is 7.87. The largest absolute Gasteiger partial charge is 0.370 e. The summed E-state index contributed by atoms with van der Waals surface area (Å²) < 4.78 is 1.68. The van der Waals surface area contributed by atoms with Crippen LogP contribution >= 0.6 is 11.6 Å². The van der Waals surface area contributed by atoms with Crippen LogP contribution in [0.15, 0.2) is 36.7 Å². The van der Waals surface area contributed by atoms with Crippen LogP contribution in [0.4, 0.5) is 5.69 Å². The van der Waals surface area contributed by atoms with E-state index in [9.17, 15) is 4.79 Å². The molecule has 1 saturated heterocycles. The fraction of sp³-hybridized carbons (Fsp3) is 0.412. The van der Waals surface area contributed by atoms with Gasteiger partial charge in [0.2, 0.25) is 0 Å². The van der Waals surface area contributed by atoms with Crippen molar-refractivity contribution in [2.45, 2.75) is 13.0 Å². The summed E-state index contributed by atoms with van der Waals surface area (Å²) in [5.41, 5.74) is 7.12. The molecule has 7 heteroatoms. The van der Waals surface area contributed by atoms with Gasteiger partial charge in [0.25, 0.3) is 5.91 Å². The Balaban J connectivity index is 1.50. The fourth-order valence-corrected chi connectivity index (χ4v) is 3.26. The first-order valence-corrected chi connectivity index (χ1v) is 8.55. The molecule has 0 aliphatic carbocycles. The number of benzene rings is 1. The Morgan fingerprint density at radius 2 is 2.25 bits per heavy atom. The van der Waals surface area contributed by atoms with Crippen LogP contribution in [0.2, 0.25) is 5.02 Å². The van der Waals surface area contributed by atoms with Crippen LogP contribution < -0.4 is 16.0 Å². The predicted octanol–water partition coefficient (Wildman–Crippen LogP) is 1.75. The number of amides is 1. The van der Waals surface area contributed by atoms with E-state index in [4.69, 9.17) is 17.3 Å². The quantitative estimate of drug-likeness (QED) is 0.834. The summed E-state index contributed by atoms with van der Waals surface area (Å²) >= 11 is 6.26. The Hall–Kier alpha value is -2.05. The monoisotopic (exact) mass is 347 g/mol. The Morgan fingerprint density at radius 1 is 1.42 bits per heavy atom. The molecular formula is C17H22ClN5O. The molecule has 1 aliphatic rings. The highest BCUT2D eigenvalue weighted by atomic mass is 35.5. The van der Waals surface area contributed by atoms with Crippen LogP contribution in [0.1, 0.15) is 16.8 Å². The maximum atomic E-state index is 12.2. The topological polar surface area (TPSA) is 76.2 Å². The van der Waals surface area contributed by atoms with E-state index in [-0.39, 0.29) is 5.91 Å². The van der Waals surface area contributed by atoms with Crippen LogP contribution in [0, 0.1) is 5.92 Å². The maximum absolute atomic E-state index is 12.2. The summed E-state index contributed by atoms with van der Waals surface area (Å²) in [4.78, 5) is 14.5. The SMILES string of the molecule is NCCn1cc(C(=O)NCC2CCN(c3ccccc3Cl)C2)cn1. The molecule has 0 spiro atoms. The smallest absolute Gasteiger partial charge is 0.254 e. The summed E-state index contributed by atoms with van der Waals surface area (Å²) in [5.74, 6) is 0.332. The Morgan fingerprint density at radius 3 is 3.04 bits per heavy atom. The number of halogens is 1. The minimum atomic E-state index is -0.0885. The lowest BCUT2D eigenvalue weighted by Crippen LogP contribution is -2.30. The number of carbonyl (C=O) groups excluding carboxylic acids is 1. The molecule has 0 saturated carbocycles. The van der Waals surface area contributed by atoms with E-state index in [2.05, 4.69) is 15.3 Å². The second kappa shape index (κ2) is 7.68. The van der Waals surface area contributed by atoms with E-state index in [1.807, 2.05) is 24.3 Å². The van der Waals surface area contributed by atoms with Gasteiger partial charge in [0.05, 0.1) is 29.0 Å². The molecule has 1 atom stereocenters. The number of anilines is 1. The van der Waals surface area contributed by atoms with Crippen molar-refractivity contribution in [3.63, 3.8) is 0 Å². The van der Waals surface area contributed by atoms with Crippen molar-refractivity contribution in [2.75, 3.05) is 31.1 Å². The van der Waals surface area contributed by atoms with Gasteiger partial charge in [-0.05, 0) is 24.5 Å². The lowest BCUT2D eigenvalue weighted by atomic mass is 10.1. The molecule has 0 radical (unpaired) electrons. The van der Waals surface area contributed by atoms with E-state index < -0.39 is 0 Å². The molecule has 3 rings (SSSR count). The Bertz CT molecular complexity index is 702. The zero-order valence-corrected chi connectivity index (χ0v) is 14.2. The molecule has 24 heavy (non-hydrogen) atoms. The van der Waals surface area contributed by atoms with Crippen LogP contribution in [0.3, 0.4) is 0 Å². The highest BCUT2D eigenvalue weighted by Gasteiger charge is 2.24. The number of para-hydroxylation sites is 1. The summed E-state index contributed by atoms with van der Waals surface area (Å²) in [7, 11) is 0. The minimum Gasteiger partial charge on any atom is -0.370 e. The summed E-state index contributed by atoms with van der Waals surface area (Å²) in [6.07, 6.45) is 4.35. The molecular weight excluding hydrogens is 326 g/mol. The molecule has 0 bridgehead atoms. The number of hydrogen-bond acceptors (Lipinski definition) is 4. The van der Waals surface area contributed by atoms with Crippen LogP contribution in [-0.4, -0.2) is 41.9 Å². The molecule has 2 heterocycles. The molecule has 1 aromatic heterocycles. The van der Waals surface area contributed by atoms with Crippen molar-refractivity contribution in [2.24, 2.45) is 11.7 Å². The number of nitrogens with one attached hydrogen (secondary N) is 1. The number of aromatic nitrogens is 2. The standard InChI is InChI=1S/C17H22ClN5O/c18-15-3-1-2-4-16(15)22-7-5-13(11-22)9-20-17(24)14-10-21-23(12-14)8-6-19/h1-4,10,12-13H,5-9,11,19H2,(H,20,24). The van der Waals surface area contributed by atoms with Crippen LogP contribution in [0.25, 0.3) is 0 Å².